The molecule has 3 atom stereocenters. The molecule has 14 heteroatoms. The lowest BCUT2D eigenvalue weighted by Crippen LogP contribution is -2.52. The van der Waals surface area contributed by atoms with E-state index in [0.29, 0.717) is 58.2 Å². The molecule has 0 saturated carbocycles. The average molecular weight is 525 g/mol. The van der Waals surface area contributed by atoms with Crippen LogP contribution in [0.5, 0.6) is 0 Å². The number of likely N-dealkylation sites (tertiary alicyclic amines) is 1. The van der Waals surface area contributed by atoms with Crippen molar-refractivity contribution in [1.29, 1.82) is 0 Å². The van der Waals surface area contributed by atoms with Gasteiger partial charge in [0.1, 0.15) is 6.04 Å². The van der Waals surface area contributed by atoms with Gasteiger partial charge in [-0.15, -0.1) is 0 Å². The van der Waals surface area contributed by atoms with Crippen LogP contribution in [0.15, 0.2) is 4.99 Å². The molecule has 9 N–H and O–H groups in total. The lowest BCUT2D eigenvalue weighted by Gasteiger charge is -2.27. The maximum Gasteiger partial charge on any atom is 0.475 e. The molecule has 210 valence electrons. The number of carbonyl (C=O) groups excluding carboxylic acids is 4. The van der Waals surface area contributed by atoms with Gasteiger partial charge in [-0.2, -0.15) is 0 Å². The SMILES string of the molecule is CC(=O)NC(N)=NCCC[C@H](N)C(=O)NCCCCCCCC(=O)N[C@H](C)C(=O)N1CCCC1B(O)O. The minimum atomic E-state index is -1.58. The van der Waals surface area contributed by atoms with Crippen molar-refractivity contribution in [3.05, 3.63) is 0 Å². The summed E-state index contributed by atoms with van der Waals surface area (Å²) in [7, 11) is -1.58. The number of nitrogens with two attached hydrogens (primary N) is 2. The fourth-order valence-electron chi connectivity index (χ4n) is 4.15. The maximum absolute atomic E-state index is 12.5. The molecule has 1 unspecified atom stereocenters. The summed E-state index contributed by atoms with van der Waals surface area (Å²) in [5.74, 6) is -1.58. The molecule has 37 heavy (non-hydrogen) atoms. The highest BCUT2D eigenvalue weighted by molar-refractivity contribution is 6.43. The molecular formula is C23H44BN7O6. The van der Waals surface area contributed by atoms with E-state index in [2.05, 4.69) is 20.9 Å². The van der Waals surface area contributed by atoms with Crippen molar-refractivity contribution in [1.82, 2.24) is 20.9 Å². The summed E-state index contributed by atoms with van der Waals surface area (Å²) < 4.78 is 0. The fraction of sp³-hybridized carbons (Fsp3) is 0.783. The van der Waals surface area contributed by atoms with Crippen LogP contribution in [-0.4, -0.2) is 89.3 Å². The van der Waals surface area contributed by atoms with Gasteiger partial charge >= 0.3 is 7.12 Å². The van der Waals surface area contributed by atoms with Crippen LogP contribution in [0.2, 0.25) is 0 Å². The number of hydrogen-bond acceptors (Lipinski definition) is 8. The van der Waals surface area contributed by atoms with Crippen LogP contribution in [0.1, 0.15) is 78.1 Å². The molecule has 0 aromatic carbocycles. The minimum Gasteiger partial charge on any atom is -0.426 e. The first-order valence-corrected chi connectivity index (χ1v) is 13.1. The predicted molar refractivity (Wildman–Crippen MR) is 141 cm³/mol. The van der Waals surface area contributed by atoms with Gasteiger partial charge in [-0.25, -0.2) is 0 Å². The van der Waals surface area contributed by atoms with Gasteiger partial charge in [0.15, 0.2) is 5.96 Å². The second-order valence-electron chi connectivity index (χ2n) is 9.45. The Morgan fingerprint density at radius 3 is 2.46 bits per heavy atom. The van der Waals surface area contributed by atoms with Gasteiger partial charge in [-0.1, -0.05) is 19.3 Å². The zero-order chi connectivity index (χ0) is 27.8. The van der Waals surface area contributed by atoms with Gasteiger partial charge in [0.2, 0.25) is 23.6 Å². The van der Waals surface area contributed by atoms with Crippen molar-refractivity contribution in [2.75, 3.05) is 19.6 Å². The summed E-state index contributed by atoms with van der Waals surface area (Å²) in [5.41, 5.74) is 11.4. The number of carbonyl (C=O) groups is 4. The molecule has 0 aromatic rings. The van der Waals surface area contributed by atoms with Gasteiger partial charge in [-0.05, 0) is 45.4 Å². The van der Waals surface area contributed by atoms with Crippen molar-refractivity contribution < 1.29 is 29.2 Å². The summed E-state index contributed by atoms with van der Waals surface area (Å²) in [6.07, 6.45) is 6.77. The molecule has 1 rings (SSSR count). The summed E-state index contributed by atoms with van der Waals surface area (Å²) >= 11 is 0. The average Bonchev–Trinajstić information content (AvgIpc) is 3.32. The van der Waals surface area contributed by atoms with Gasteiger partial charge in [0.25, 0.3) is 0 Å². The molecule has 1 aliphatic heterocycles. The standard InChI is InChI=1S/C23H44BN7O6/c1-16(22(35)31-15-9-11-19(31)24(36)37)29-20(33)12-6-4-3-5-7-13-27-21(34)18(25)10-8-14-28-23(26)30-17(2)32/h16,18-19,36-37H,3-15,25H2,1-2H3,(H,27,34)(H,29,33)(H3,26,28,30,32)/t16-,18+,19?/m1/s1. The summed E-state index contributed by atoms with van der Waals surface area (Å²) in [6.45, 7) is 4.30. The zero-order valence-electron chi connectivity index (χ0n) is 22.1. The van der Waals surface area contributed by atoms with Crippen LogP contribution in [0.3, 0.4) is 0 Å². The maximum atomic E-state index is 12.5. The Bertz CT molecular complexity index is 783. The number of nitrogens with one attached hydrogen (secondary N) is 3. The second-order valence-corrected chi connectivity index (χ2v) is 9.45. The Hall–Kier alpha value is -2.71. The first kappa shape index (κ1) is 32.3. The minimum absolute atomic E-state index is 0.0480. The molecule has 1 saturated heterocycles. The number of aliphatic imine (C=N–C) groups is 1. The summed E-state index contributed by atoms with van der Waals surface area (Å²) in [5, 5.41) is 26.7. The number of rotatable bonds is 16. The highest BCUT2D eigenvalue weighted by Gasteiger charge is 2.38. The first-order valence-electron chi connectivity index (χ1n) is 13.1. The Morgan fingerprint density at radius 2 is 1.78 bits per heavy atom. The largest absolute Gasteiger partial charge is 0.475 e. The van der Waals surface area contributed by atoms with Crippen LogP contribution in [-0.2, 0) is 19.2 Å². The molecule has 1 heterocycles. The van der Waals surface area contributed by atoms with E-state index in [1.807, 2.05) is 0 Å². The van der Waals surface area contributed by atoms with E-state index in [-0.39, 0.29) is 29.6 Å². The topological polar surface area (TPSA) is 212 Å². The summed E-state index contributed by atoms with van der Waals surface area (Å²) in [6, 6.07) is -1.34. The monoisotopic (exact) mass is 525 g/mol. The zero-order valence-corrected chi connectivity index (χ0v) is 22.1. The quantitative estimate of drug-likeness (QED) is 0.0544. The number of nitrogens with zero attached hydrogens (tertiary/aromatic N) is 2. The number of unbranched alkanes of at least 4 members (excludes halogenated alkanes) is 4. The molecule has 0 bridgehead atoms. The highest BCUT2D eigenvalue weighted by Crippen LogP contribution is 2.19. The number of guanidine groups is 1. The second kappa shape index (κ2) is 17.7. The molecule has 1 fully saturated rings. The fourth-order valence-corrected chi connectivity index (χ4v) is 4.15. The Balaban J connectivity index is 2.07. The Morgan fingerprint density at radius 1 is 1.11 bits per heavy atom. The van der Waals surface area contributed by atoms with E-state index in [1.165, 1.54) is 11.8 Å². The normalized spacial score (nSPS) is 17.2. The molecule has 13 nitrogen and oxygen atoms in total. The van der Waals surface area contributed by atoms with Crippen LogP contribution in [0.25, 0.3) is 0 Å². The van der Waals surface area contributed by atoms with Crippen molar-refractivity contribution in [2.45, 2.75) is 96.1 Å². The Labute approximate surface area is 219 Å². The van der Waals surface area contributed by atoms with Crippen LogP contribution in [0, 0.1) is 0 Å². The summed E-state index contributed by atoms with van der Waals surface area (Å²) in [4.78, 5) is 53.0. The van der Waals surface area contributed by atoms with Crippen LogP contribution in [0.4, 0.5) is 0 Å². The number of hydrogen-bond donors (Lipinski definition) is 7. The van der Waals surface area contributed by atoms with E-state index in [4.69, 9.17) is 11.5 Å². The molecule has 0 radical (unpaired) electrons. The van der Waals surface area contributed by atoms with E-state index < -0.39 is 25.1 Å². The predicted octanol–water partition coefficient (Wildman–Crippen LogP) is -1.49. The van der Waals surface area contributed by atoms with Gasteiger partial charge in [0.05, 0.1) is 12.0 Å². The lowest BCUT2D eigenvalue weighted by molar-refractivity contribution is -0.136. The van der Waals surface area contributed by atoms with Crippen molar-refractivity contribution in [2.24, 2.45) is 16.5 Å². The smallest absolute Gasteiger partial charge is 0.426 e. The number of amides is 4. The van der Waals surface area contributed by atoms with Gasteiger partial charge in [0, 0.05) is 33.0 Å². The molecule has 1 aliphatic rings. The third-order valence-electron chi connectivity index (χ3n) is 6.15. The lowest BCUT2D eigenvalue weighted by atomic mass is 9.78. The van der Waals surface area contributed by atoms with Gasteiger partial charge < -0.3 is 37.0 Å². The molecule has 4 amide bonds. The third kappa shape index (κ3) is 13.4. The van der Waals surface area contributed by atoms with E-state index in [0.717, 1.165) is 25.7 Å². The molecule has 0 aromatic heterocycles. The van der Waals surface area contributed by atoms with E-state index in [1.54, 1.807) is 6.92 Å². The van der Waals surface area contributed by atoms with Crippen LogP contribution < -0.4 is 27.4 Å². The van der Waals surface area contributed by atoms with Crippen molar-refractivity contribution in [3.8, 4) is 0 Å². The van der Waals surface area contributed by atoms with E-state index in [9.17, 15) is 29.2 Å². The Kier molecular flexibility index (Phi) is 15.5. The van der Waals surface area contributed by atoms with Crippen molar-refractivity contribution >= 4 is 36.7 Å². The highest BCUT2D eigenvalue weighted by atomic mass is 16.4. The van der Waals surface area contributed by atoms with Gasteiger partial charge in [-0.3, -0.25) is 29.5 Å². The van der Waals surface area contributed by atoms with Crippen molar-refractivity contribution in [3.63, 3.8) is 0 Å². The molecule has 0 aliphatic carbocycles. The molecule has 0 spiro atoms. The van der Waals surface area contributed by atoms with E-state index >= 15 is 0 Å². The first-order chi connectivity index (χ1) is 17.5. The van der Waals surface area contributed by atoms with Crippen LogP contribution >= 0.6 is 0 Å². The molecular weight excluding hydrogens is 481 g/mol. The third-order valence-corrected chi connectivity index (χ3v) is 6.15.